The zero-order valence-corrected chi connectivity index (χ0v) is 14.3. The summed E-state index contributed by atoms with van der Waals surface area (Å²) in [5.41, 5.74) is 5.06. The van der Waals surface area contributed by atoms with Gasteiger partial charge in [0, 0.05) is 17.7 Å². The lowest BCUT2D eigenvalue weighted by Gasteiger charge is -2.07. The van der Waals surface area contributed by atoms with Crippen LogP contribution in [0.1, 0.15) is 16.7 Å². The molecule has 1 aromatic heterocycles. The van der Waals surface area contributed by atoms with Crippen molar-refractivity contribution in [1.82, 2.24) is 0 Å². The fourth-order valence-corrected chi connectivity index (χ4v) is 3.06. The van der Waals surface area contributed by atoms with E-state index in [1.807, 2.05) is 36.5 Å². The molecule has 3 rings (SSSR count). The molecule has 2 N–H and O–H groups in total. The van der Waals surface area contributed by atoms with Crippen LogP contribution in [0.2, 0.25) is 0 Å². The average Bonchev–Trinajstić information content (AvgIpc) is 2.61. The van der Waals surface area contributed by atoms with Gasteiger partial charge in [0.1, 0.15) is 0 Å². The van der Waals surface area contributed by atoms with Gasteiger partial charge in [-0.15, -0.1) is 0 Å². The van der Waals surface area contributed by atoms with Crippen LogP contribution in [0.25, 0.3) is 17.0 Å². The van der Waals surface area contributed by atoms with Gasteiger partial charge in [-0.3, -0.25) is 0 Å². The molecule has 0 aliphatic rings. The Morgan fingerprint density at radius 1 is 1.12 bits per heavy atom. The van der Waals surface area contributed by atoms with Gasteiger partial charge in [0.2, 0.25) is 5.52 Å². The van der Waals surface area contributed by atoms with Gasteiger partial charge >= 0.3 is 7.12 Å². The second kappa shape index (κ2) is 7.47. The Morgan fingerprint density at radius 3 is 2.72 bits per heavy atom. The first kappa shape index (κ1) is 17.1. The van der Waals surface area contributed by atoms with Crippen LogP contribution < -0.4 is 10.0 Å². The van der Waals surface area contributed by atoms with Gasteiger partial charge < -0.3 is 10.0 Å². The first-order valence-corrected chi connectivity index (χ1v) is 8.26. The molecule has 0 amide bonds. The van der Waals surface area contributed by atoms with Crippen molar-refractivity contribution in [3.05, 3.63) is 90.1 Å². The number of allylic oxidation sites excluding steroid dienone is 2. The van der Waals surface area contributed by atoms with E-state index in [-0.39, 0.29) is 0 Å². The van der Waals surface area contributed by atoms with Gasteiger partial charge in [-0.05, 0) is 29.6 Å². The van der Waals surface area contributed by atoms with Crippen LogP contribution in [0.4, 0.5) is 0 Å². The summed E-state index contributed by atoms with van der Waals surface area (Å²) in [7, 11) is -1.45. The molecule has 0 saturated heterocycles. The van der Waals surface area contributed by atoms with E-state index < -0.39 is 7.12 Å². The second-order valence-corrected chi connectivity index (χ2v) is 6.08. The number of benzene rings is 2. The summed E-state index contributed by atoms with van der Waals surface area (Å²) in [5.74, 6) is 0. The molecule has 2 aromatic carbocycles. The second-order valence-electron chi connectivity index (χ2n) is 6.08. The van der Waals surface area contributed by atoms with E-state index in [0.717, 1.165) is 11.1 Å². The quantitative estimate of drug-likeness (QED) is 0.429. The summed E-state index contributed by atoms with van der Waals surface area (Å²) in [5, 5.41) is 19.9. The van der Waals surface area contributed by atoms with E-state index in [0.29, 0.717) is 12.0 Å². The number of aromatic nitrogens is 1. The van der Waals surface area contributed by atoms with Crippen molar-refractivity contribution >= 4 is 29.6 Å². The number of hydrogen-bond donors (Lipinski definition) is 2. The highest BCUT2D eigenvalue weighted by Gasteiger charge is 2.15. The molecule has 4 heteroatoms. The van der Waals surface area contributed by atoms with E-state index in [1.54, 1.807) is 12.1 Å². The van der Waals surface area contributed by atoms with Crippen molar-refractivity contribution in [3.8, 4) is 0 Å². The summed E-state index contributed by atoms with van der Waals surface area (Å²) >= 11 is 0. The Bertz CT molecular complexity index is 948. The van der Waals surface area contributed by atoms with Gasteiger partial charge in [0.15, 0.2) is 12.7 Å². The van der Waals surface area contributed by atoms with Crippen molar-refractivity contribution in [2.75, 3.05) is 0 Å². The lowest BCUT2D eigenvalue weighted by Crippen LogP contribution is -2.36. The molecule has 0 atom stereocenters. The predicted molar refractivity (Wildman–Crippen MR) is 103 cm³/mol. The molecular formula is C21H21BNO2+. The van der Waals surface area contributed by atoms with Crippen molar-refractivity contribution in [2.24, 2.45) is 0 Å². The third-order valence-electron chi connectivity index (χ3n) is 4.32. The highest BCUT2D eigenvalue weighted by molar-refractivity contribution is 6.58. The molecular weight excluding hydrogens is 309 g/mol. The molecule has 0 spiro atoms. The molecule has 1 heterocycles. The number of aryl methyl sites for hydroxylation is 1. The number of hydrogen-bond acceptors (Lipinski definition) is 2. The van der Waals surface area contributed by atoms with Crippen LogP contribution in [0.15, 0.2) is 73.5 Å². The zero-order valence-electron chi connectivity index (χ0n) is 14.3. The van der Waals surface area contributed by atoms with Crippen LogP contribution >= 0.6 is 0 Å². The fourth-order valence-electron chi connectivity index (χ4n) is 3.06. The normalized spacial score (nSPS) is 11.2. The lowest BCUT2D eigenvalue weighted by atomic mass is 9.79. The molecule has 0 saturated carbocycles. The van der Waals surface area contributed by atoms with E-state index in [9.17, 15) is 10.0 Å². The van der Waals surface area contributed by atoms with Crippen molar-refractivity contribution in [2.45, 2.75) is 13.5 Å². The Kier molecular flexibility index (Phi) is 5.12. The highest BCUT2D eigenvalue weighted by atomic mass is 16.4. The van der Waals surface area contributed by atoms with Gasteiger partial charge in [-0.25, -0.2) is 0 Å². The van der Waals surface area contributed by atoms with E-state index in [2.05, 4.69) is 42.3 Å². The number of rotatable bonds is 5. The van der Waals surface area contributed by atoms with E-state index in [1.165, 1.54) is 16.5 Å². The zero-order chi connectivity index (χ0) is 17.8. The van der Waals surface area contributed by atoms with Crippen LogP contribution in [-0.4, -0.2) is 17.2 Å². The lowest BCUT2D eigenvalue weighted by molar-refractivity contribution is -0.662. The maximum absolute atomic E-state index is 9.37. The smallest absolute Gasteiger partial charge is 0.423 e. The number of nitrogens with zero attached hydrogens (tertiary/aromatic N) is 1. The van der Waals surface area contributed by atoms with Gasteiger partial charge in [-0.2, -0.15) is 4.57 Å². The number of fused-ring (bicyclic) bond motifs is 1. The monoisotopic (exact) mass is 330 g/mol. The van der Waals surface area contributed by atoms with Crippen molar-refractivity contribution in [1.29, 1.82) is 0 Å². The van der Waals surface area contributed by atoms with Crippen LogP contribution in [0.5, 0.6) is 0 Å². The molecule has 0 bridgehead atoms. The fraction of sp³-hybridized carbons (Fsp3) is 0.0952. The first-order chi connectivity index (χ1) is 12.1. The summed E-state index contributed by atoms with van der Waals surface area (Å²) in [6.45, 7) is 6.51. The largest absolute Gasteiger partial charge is 0.488 e. The third-order valence-corrected chi connectivity index (χ3v) is 4.32. The molecule has 3 aromatic rings. The Balaban J connectivity index is 2.07. The summed E-state index contributed by atoms with van der Waals surface area (Å²) in [6, 6.07) is 15.8. The number of pyridine rings is 1. The molecule has 25 heavy (non-hydrogen) atoms. The molecule has 124 valence electrons. The minimum atomic E-state index is -1.45. The molecule has 0 unspecified atom stereocenters. The SMILES string of the molecule is C=C/C=C\c1c(C)ccc2c1ccc[n+]2Cc1cccc(B(O)O)c1. The maximum Gasteiger partial charge on any atom is 0.488 e. The first-order valence-electron chi connectivity index (χ1n) is 8.26. The van der Waals surface area contributed by atoms with Crippen molar-refractivity contribution < 1.29 is 14.6 Å². The van der Waals surface area contributed by atoms with Crippen LogP contribution in [-0.2, 0) is 6.54 Å². The average molecular weight is 330 g/mol. The molecule has 0 radical (unpaired) electrons. The standard InChI is InChI=1S/C21H21BNO2/c1-3-4-9-19-16(2)11-12-21-20(19)10-6-13-23(21)15-17-7-5-8-18(14-17)22(24)25/h3-14,24-25H,1,15H2,2H3/q+1/b9-4-. The van der Waals surface area contributed by atoms with Crippen LogP contribution in [0, 0.1) is 6.92 Å². The van der Waals surface area contributed by atoms with Crippen molar-refractivity contribution in [3.63, 3.8) is 0 Å². The molecule has 0 aliphatic carbocycles. The van der Waals surface area contributed by atoms with Gasteiger partial charge in [0.25, 0.3) is 0 Å². The van der Waals surface area contributed by atoms with E-state index in [4.69, 9.17) is 0 Å². The minimum Gasteiger partial charge on any atom is -0.423 e. The summed E-state index contributed by atoms with van der Waals surface area (Å²) in [6.07, 6.45) is 7.85. The van der Waals surface area contributed by atoms with Gasteiger partial charge in [-0.1, -0.05) is 55.1 Å². The topological polar surface area (TPSA) is 44.3 Å². The maximum atomic E-state index is 9.37. The highest BCUT2D eigenvalue weighted by Crippen LogP contribution is 2.21. The summed E-state index contributed by atoms with van der Waals surface area (Å²) < 4.78 is 2.17. The third kappa shape index (κ3) is 3.71. The molecule has 0 aliphatic heterocycles. The Morgan fingerprint density at radius 2 is 1.96 bits per heavy atom. The van der Waals surface area contributed by atoms with E-state index >= 15 is 0 Å². The van der Waals surface area contributed by atoms with Gasteiger partial charge in [0.05, 0.1) is 5.39 Å². The predicted octanol–water partition coefficient (Wildman–Crippen LogP) is 2.36. The molecule has 3 nitrogen and oxygen atoms in total. The summed E-state index contributed by atoms with van der Waals surface area (Å²) in [4.78, 5) is 0. The Labute approximate surface area is 148 Å². The van der Waals surface area contributed by atoms with Crippen LogP contribution in [0.3, 0.4) is 0 Å². The minimum absolute atomic E-state index is 0.504. The Hall–Kier alpha value is -2.69. The molecule has 0 fully saturated rings.